The van der Waals surface area contributed by atoms with Crippen LogP contribution in [-0.4, -0.2) is 4.98 Å². The van der Waals surface area contributed by atoms with Crippen LogP contribution in [0.5, 0.6) is 0 Å². The number of para-hydroxylation sites is 3. The first kappa shape index (κ1) is 20.1. The highest BCUT2D eigenvalue weighted by Gasteiger charge is 2.18. The molecule has 0 aliphatic carbocycles. The maximum Gasteiger partial charge on any atom is 0.143 e. The number of benzene rings is 5. The van der Waals surface area contributed by atoms with Gasteiger partial charge in [-0.2, -0.15) is 0 Å². The number of rotatable bonds is 2. The van der Waals surface area contributed by atoms with E-state index in [1.165, 1.54) is 33.0 Å². The molecule has 0 radical (unpaired) electrons. The highest BCUT2D eigenvalue weighted by Crippen LogP contribution is 2.42. The summed E-state index contributed by atoms with van der Waals surface area (Å²) in [4.78, 5) is 3.53. The monoisotopic (exact) mass is 451 g/mol. The van der Waals surface area contributed by atoms with Gasteiger partial charge in [0.1, 0.15) is 11.2 Å². The van der Waals surface area contributed by atoms with Gasteiger partial charge in [-0.05, 0) is 61.2 Å². The van der Waals surface area contributed by atoms with Crippen molar-refractivity contribution in [3.63, 3.8) is 0 Å². The Kier molecular flexibility index (Phi) is 4.22. The lowest BCUT2D eigenvalue weighted by Crippen LogP contribution is -1.90. The normalized spacial score (nSPS) is 11.9. The van der Waals surface area contributed by atoms with Crippen molar-refractivity contribution in [2.24, 2.45) is 0 Å². The highest BCUT2D eigenvalue weighted by atomic mass is 16.3. The third-order valence-electron chi connectivity index (χ3n) is 7.29. The molecule has 0 spiro atoms. The van der Waals surface area contributed by atoms with Crippen molar-refractivity contribution in [2.45, 2.75) is 20.8 Å². The summed E-state index contributed by atoms with van der Waals surface area (Å²) in [6.45, 7) is 6.54. The maximum absolute atomic E-state index is 6.74. The number of hydrogen-bond acceptors (Lipinski definition) is 1. The topological polar surface area (TPSA) is 28.9 Å². The number of aromatic amines is 1. The average Bonchev–Trinajstić information content (AvgIpc) is 3.42. The van der Waals surface area contributed by atoms with Gasteiger partial charge >= 0.3 is 0 Å². The van der Waals surface area contributed by atoms with Crippen molar-refractivity contribution in [3.8, 4) is 22.3 Å². The van der Waals surface area contributed by atoms with Gasteiger partial charge in [-0.15, -0.1) is 0 Å². The Labute approximate surface area is 203 Å². The minimum Gasteiger partial charge on any atom is -0.455 e. The number of nitrogens with one attached hydrogen (secondary N) is 1. The van der Waals surface area contributed by atoms with Crippen LogP contribution in [0.25, 0.3) is 66.0 Å². The van der Waals surface area contributed by atoms with Gasteiger partial charge < -0.3 is 9.40 Å². The lowest BCUT2D eigenvalue weighted by atomic mass is 9.92. The Morgan fingerprint density at radius 3 is 1.94 bits per heavy atom. The SMILES string of the molecule is Cc1cc(C)c(-c2cccc3c2oc2c(-c4ccc5[nH]c6ccccc6c5c4)cccc23)c(C)c1. The molecule has 0 saturated carbocycles. The Hall–Kier alpha value is -4.30. The van der Waals surface area contributed by atoms with Gasteiger partial charge in [-0.1, -0.05) is 78.4 Å². The second-order valence-electron chi connectivity index (χ2n) is 9.67. The number of H-pyrrole nitrogens is 1. The van der Waals surface area contributed by atoms with Crippen LogP contribution in [0.2, 0.25) is 0 Å². The van der Waals surface area contributed by atoms with E-state index < -0.39 is 0 Å². The zero-order chi connectivity index (χ0) is 23.7. The fourth-order valence-corrected chi connectivity index (χ4v) is 5.86. The lowest BCUT2D eigenvalue weighted by molar-refractivity contribution is 0.671. The van der Waals surface area contributed by atoms with Crippen LogP contribution < -0.4 is 0 Å². The average molecular weight is 452 g/mol. The molecule has 0 aliphatic rings. The van der Waals surface area contributed by atoms with E-state index in [1.807, 2.05) is 0 Å². The number of furan rings is 1. The molecule has 1 N–H and O–H groups in total. The van der Waals surface area contributed by atoms with E-state index >= 15 is 0 Å². The van der Waals surface area contributed by atoms with Gasteiger partial charge in [-0.25, -0.2) is 0 Å². The molecule has 0 unspecified atom stereocenters. The largest absolute Gasteiger partial charge is 0.455 e. The summed E-state index contributed by atoms with van der Waals surface area (Å²) >= 11 is 0. The molecular formula is C33H25NO. The number of fused-ring (bicyclic) bond motifs is 6. The third kappa shape index (κ3) is 2.96. The summed E-state index contributed by atoms with van der Waals surface area (Å²) in [7, 11) is 0. The Morgan fingerprint density at radius 2 is 1.17 bits per heavy atom. The van der Waals surface area contributed by atoms with E-state index in [9.17, 15) is 0 Å². The summed E-state index contributed by atoms with van der Waals surface area (Å²) in [5.74, 6) is 0. The van der Waals surface area contributed by atoms with Gasteiger partial charge in [0.25, 0.3) is 0 Å². The van der Waals surface area contributed by atoms with Crippen LogP contribution in [0.3, 0.4) is 0 Å². The van der Waals surface area contributed by atoms with E-state index in [-0.39, 0.29) is 0 Å². The van der Waals surface area contributed by atoms with Gasteiger partial charge in [0.15, 0.2) is 0 Å². The molecule has 35 heavy (non-hydrogen) atoms. The van der Waals surface area contributed by atoms with Crippen LogP contribution >= 0.6 is 0 Å². The molecular weight excluding hydrogens is 426 g/mol. The standard InChI is InChI=1S/C33H25NO/c1-19-16-20(2)31(21(3)17-19)27-12-7-11-26-25-10-6-9-23(32(25)35-33(26)27)22-14-15-30-28(18-22)24-8-4-5-13-29(24)34-30/h4-18,34H,1-3H3. The molecule has 0 atom stereocenters. The maximum atomic E-state index is 6.74. The van der Waals surface area contributed by atoms with Crippen molar-refractivity contribution in [3.05, 3.63) is 108 Å². The molecule has 7 rings (SSSR count). The summed E-state index contributed by atoms with van der Waals surface area (Å²) in [6.07, 6.45) is 0. The quantitative estimate of drug-likeness (QED) is 0.279. The second-order valence-corrected chi connectivity index (χ2v) is 9.67. The van der Waals surface area contributed by atoms with Crippen molar-refractivity contribution in [2.75, 3.05) is 0 Å². The van der Waals surface area contributed by atoms with Gasteiger partial charge in [-0.3, -0.25) is 0 Å². The van der Waals surface area contributed by atoms with Crippen LogP contribution in [0.15, 0.2) is 95.4 Å². The Bertz CT molecular complexity index is 1910. The molecule has 2 nitrogen and oxygen atoms in total. The third-order valence-corrected chi connectivity index (χ3v) is 7.29. The molecule has 5 aromatic carbocycles. The van der Waals surface area contributed by atoms with Crippen molar-refractivity contribution >= 4 is 43.7 Å². The number of hydrogen-bond donors (Lipinski definition) is 1. The van der Waals surface area contributed by atoms with Crippen molar-refractivity contribution in [1.29, 1.82) is 0 Å². The first-order valence-corrected chi connectivity index (χ1v) is 12.1. The van der Waals surface area contributed by atoms with E-state index in [2.05, 4.69) is 117 Å². The zero-order valence-corrected chi connectivity index (χ0v) is 20.1. The van der Waals surface area contributed by atoms with Crippen molar-refractivity contribution < 1.29 is 4.42 Å². The molecule has 0 amide bonds. The van der Waals surface area contributed by atoms with Crippen LogP contribution in [0.1, 0.15) is 16.7 Å². The molecule has 2 heteroatoms. The molecule has 0 aliphatic heterocycles. The Balaban J connectivity index is 1.50. The van der Waals surface area contributed by atoms with Gasteiger partial charge in [0.05, 0.1) is 0 Å². The van der Waals surface area contributed by atoms with Crippen LogP contribution in [0.4, 0.5) is 0 Å². The fraction of sp³-hybridized carbons (Fsp3) is 0.0909. The molecule has 2 heterocycles. The minimum atomic E-state index is 0.941. The summed E-state index contributed by atoms with van der Waals surface area (Å²) in [6, 6.07) is 32.6. The zero-order valence-electron chi connectivity index (χ0n) is 20.1. The smallest absolute Gasteiger partial charge is 0.143 e. The van der Waals surface area contributed by atoms with Crippen LogP contribution in [0, 0.1) is 20.8 Å². The lowest BCUT2D eigenvalue weighted by Gasteiger charge is -2.12. The first-order chi connectivity index (χ1) is 17.1. The predicted molar refractivity (Wildman–Crippen MR) is 148 cm³/mol. The predicted octanol–water partition coefficient (Wildman–Crippen LogP) is 9.48. The molecule has 168 valence electrons. The second kappa shape index (κ2) is 7.35. The molecule has 0 fully saturated rings. The summed E-state index contributed by atoms with van der Waals surface area (Å²) < 4.78 is 6.74. The molecule has 7 aromatic rings. The minimum absolute atomic E-state index is 0.941. The highest BCUT2D eigenvalue weighted by molar-refractivity contribution is 6.14. The van der Waals surface area contributed by atoms with E-state index in [0.717, 1.165) is 49.7 Å². The van der Waals surface area contributed by atoms with Gasteiger partial charge in [0, 0.05) is 43.7 Å². The molecule has 0 bridgehead atoms. The number of aryl methyl sites for hydroxylation is 3. The Morgan fingerprint density at radius 1 is 0.543 bits per heavy atom. The summed E-state index contributed by atoms with van der Waals surface area (Å²) in [5, 5.41) is 4.79. The summed E-state index contributed by atoms with van der Waals surface area (Å²) in [5.41, 5.74) is 12.8. The van der Waals surface area contributed by atoms with Crippen molar-refractivity contribution in [1.82, 2.24) is 4.98 Å². The van der Waals surface area contributed by atoms with E-state index in [1.54, 1.807) is 0 Å². The first-order valence-electron chi connectivity index (χ1n) is 12.1. The van der Waals surface area contributed by atoms with Gasteiger partial charge in [0.2, 0.25) is 0 Å². The molecule has 0 saturated heterocycles. The fourth-order valence-electron chi connectivity index (χ4n) is 5.86. The molecule has 2 aromatic heterocycles. The van der Waals surface area contributed by atoms with E-state index in [0.29, 0.717) is 0 Å². The van der Waals surface area contributed by atoms with E-state index in [4.69, 9.17) is 4.42 Å². The number of aromatic nitrogens is 1. The van der Waals surface area contributed by atoms with Crippen LogP contribution in [-0.2, 0) is 0 Å².